The molecule has 1 saturated carbocycles. The van der Waals surface area contributed by atoms with Gasteiger partial charge in [-0.3, -0.25) is 0 Å². The number of piperidine rings is 1. The van der Waals surface area contributed by atoms with Gasteiger partial charge >= 0.3 is 0 Å². The van der Waals surface area contributed by atoms with Gasteiger partial charge in [0.15, 0.2) is 0 Å². The second-order valence-electron chi connectivity index (χ2n) is 5.98. The highest BCUT2D eigenvalue weighted by atomic mass is 35.5. The van der Waals surface area contributed by atoms with E-state index in [4.69, 9.17) is 28.3 Å². The fraction of sp³-hybridized carbons (Fsp3) is 0.600. The molecule has 1 heterocycles. The zero-order valence-electron chi connectivity index (χ0n) is 11.3. The van der Waals surface area contributed by atoms with Gasteiger partial charge < -0.3 is 15.1 Å². The molecule has 1 spiro atoms. The molecule has 2 fully saturated rings. The van der Waals surface area contributed by atoms with Crippen LogP contribution in [0, 0.1) is 5.41 Å². The van der Waals surface area contributed by atoms with Crippen LogP contribution < -0.4 is 0 Å². The average molecular weight is 316 g/mol. The van der Waals surface area contributed by atoms with E-state index >= 15 is 0 Å². The normalized spacial score (nSPS) is 25.1. The molecule has 1 atom stereocenters. The van der Waals surface area contributed by atoms with Crippen LogP contribution in [-0.2, 0) is 0 Å². The molecule has 2 N–H and O–H groups in total. The van der Waals surface area contributed by atoms with Crippen molar-refractivity contribution in [1.29, 1.82) is 0 Å². The maximum atomic E-state index is 10.1. The third-order valence-electron chi connectivity index (χ3n) is 4.92. The van der Waals surface area contributed by atoms with E-state index in [2.05, 4.69) is 4.90 Å². The van der Waals surface area contributed by atoms with Gasteiger partial charge in [0, 0.05) is 12.1 Å². The van der Waals surface area contributed by atoms with Crippen molar-refractivity contribution in [2.75, 3.05) is 26.2 Å². The first kappa shape index (κ1) is 14.5. The molecule has 0 bridgehead atoms. The molecule has 110 valence electrons. The van der Waals surface area contributed by atoms with Crippen molar-refractivity contribution in [2.45, 2.75) is 25.2 Å². The number of phenols is 1. The van der Waals surface area contributed by atoms with E-state index in [1.165, 1.54) is 0 Å². The molecule has 1 aliphatic carbocycles. The Bertz CT molecular complexity index is 513. The number of aliphatic hydroxyl groups excluding tert-OH is 1. The molecular formula is C15H19Cl2NO2. The largest absolute Gasteiger partial charge is 0.508 e. The summed E-state index contributed by atoms with van der Waals surface area (Å²) in [6.07, 6.45) is 3.27. The number of rotatable bonds is 3. The quantitative estimate of drug-likeness (QED) is 0.899. The minimum atomic E-state index is 0.220. The number of aromatic hydroxyl groups is 1. The molecule has 0 radical (unpaired) electrons. The number of nitrogens with zero attached hydrogens (tertiary/aromatic N) is 1. The van der Waals surface area contributed by atoms with Crippen molar-refractivity contribution in [3.8, 4) is 5.75 Å². The van der Waals surface area contributed by atoms with Crippen molar-refractivity contribution in [1.82, 2.24) is 4.90 Å². The van der Waals surface area contributed by atoms with Crippen molar-refractivity contribution in [3.05, 3.63) is 27.7 Å². The molecule has 1 aliphatic heterocycles. The smallest absolute Gasteiger partial charge is 0.120 e. The van der Waals surface area contributed by atoms with E-state index in [0.717, 1.165) is 44.5 Å². The van der Waals surface area contributed by atoms with Crippen molar-refractivity contribution < 1.29 is 10.2 Å². The number of benzene rings is 1. The molecule has 3 rings (SSSR count). The number of hydrogen-bond acceptors (Lipinski definition) is 3. The maximum Gasteiger partial charge on any atom is 0.120 e. The number of halogens is 2. The lowest BCUT2D eigenvalue weighted by atomic mass is 9.88. The van der Waals surface area contributed by atoms with Crippen LogP contribution in [0.2, 0.25) is 10.0 Å². The molecule has 20 heavy (non-hydrogen) atoms. The second-order valence-corrected chi connectivity index (χ2v) is 6.76. The summed E-state index contributed by atoms with van der Waals surface area (Å²) < 4.78 is 0. The number of β-amino-alcohol motifs (C(OH)–C–C–N with tert-alkyl or cyclic N) is 1. The van der Waals surface area contributed by atoms with E-state index in [1.54, 1.807) is 12.1 Å². The Morgan fingerprint density at radius 1 is 1.25 bits per heavy atom. The zero-order valence-corrected chi connectivity index (χ0v) is 12.8. The summed E-state index contributed by atoms with van der Waals surface area (Å²) in [4.78, 5) is 2.29. The Morgan fingerprint density at radius 3 is 2.60 bits per heavy atom. The van der Waals surface area contributed by atoms with Crippen LogP contribution >= 0.6 is 23.2 Å². The summed E-state index contributed by atoms with van der Waals surface area (Å²) in [5, 5.41) is 20.1. The Labute approximate surface area is 129 Å². The predicted molar refractivity (Wildman–Crippen MR) is 80.7 cm³/mol. The third-order valence-corrected chi connectivity index (χ3v) is 5.73. The number of phenolic OH excluding ortho intramolecular Hbond substituents is 1. The first-order valence-electron chi connectivity index (χ1n) is 7.07. The highest BCUT2D eigenvalue weighted by Gasteiger charge is 2.56. The molecular weight excluding hydrogens is 297 g/mol. The molecule has 5 heteroatoms. The van der Waals surface area contributed by atoms with Crippen LogP contribution in [0.25, 0.3) is 0 Å². The SMILES string of the molecule is OCCN1CCC2(CC1)CC2c1c(O)ccc(Cl)c1Cl. The average Bonchev–Trinajstić information content (AvgIpc) is 3.11. The van der Waals surface area contributed by atoms with E-state index < -0.39 is 0 Å². The van der Waals surface area contributed by atoms with Crippen LogP contribution in [0.5, 0.6) is 5.75 Å². The molecule has 0 aromatic heterocycles. The fourth-order valence-corrected chi connectivity index (χ4v) is 4.02. The van der Waals surface area contributed by atoms with Gasteiger partial charge in [0.25, 0.3) is 0 Å². The van der Waals surface area contributed by atoms with Gasteiger partial charge in [-0.1, -0.05) is 23.2 Å². The minimum Gasteiger partial charge on any atom is -0.508 e. The van der Waals surface area contributed by atoms with E-state index in [1.807, 2.05) is 0 Å². The Balaban J connectivity index is 1.75. The first-order valence-corrected chi connectivity index (χ1v) is 7.83. The van der Waals surface area contributed by atoms with Gasteiger partial charge in [0.05, 0.1) is 16.7 Å². The van der Waals surface area contributed by atoms with Gasteiger partial charge in [-0.15, -0.1) is 0 Å². The van der Waals surface area contributed by atoms with Crippen molar-refractivity contribution in [2.24, 2.45) is 5.41 Å². The number of hydrogen-bond donors (Lipinski definition) is 2. The molecule has 1 aromatic carbocycles. The Kier molecular flexibility index (Phi) is 3.89. The summed E-state index contributed by atoms with van der Waals surface area (Å²) in [5.41, 5.74) is 1.10. The molecule has 1 unspecified atom stereocenters. The highest BCUT2D eigenvalue weighted by Crippen LogP contribution is 2.67. The summed E-state index contributed by atoms with van der Waals surface area (Å²) in [6.45, 7) is 2.99. The maximum absolute atomic E-state index is 10.1. The van der Waals surface area contributed by atoms with Crippen LogP contribution in [0.1, 0.15) is 30.7 Å². The van der Waals surface area contributed by atoms with E-state index in [0.29, 0.717) is 16.0 Å². The van der Waals surface area contributed by atoms with Gasteiger partial charge in [-0.2, -0.15) is 0 Å². The monoisotopic (exact) mass is 315 g/mol. The first-order chi connectivity index (χ1) is 9.57. The lowest BCUT2D eigenvalue weighted by molar-refractivity contribution is 0.137. The van der Waals surface area contributed by atoms with Crippen LogP contribution in [0.3, 0.4) is 0 Å². The molecule has 1 saturated heterocycles. The lowest BCUT2D eigenvalue weighted by Gasteiger charge is -2.32. The van der Waals surface area contributed by atoms with Crippen molar-refractivity contribution in [3.63, 3.8) is 0 Å². The standard InChI is InChI=1S/C15H19Cl2NO2/c16-11-1-2-12(20)13(14(11)17)10-9-15(10)3-5-18(6-4-15)7-8-19/h1-2,10,19-20H,3-9H2. The van der Waals surface area contributed by atoms with E-state index in [-0.39, 0.29) is 17.8 Å². The van der Waals surface area contributed by atoms with Gasteiger partial charge in [-0.25, -0.2) is 0 Å². The molecule has 0 amide bonds. The van der Waals surface area contributed by atoms with E-state index in [9.17, 15) is 5.11 Å². The van der Waals surface area contributed by atoms with Crippen LogP contribution in [0.15, 0.2) is 12.1 Å². The topological polar surface area (TPSA) is 43.7 Å². The summed E-state index contributed by atoms with van der Waals surface area (Å²) in [7, 11) is 0. The van der Waals surface area contributed by atoms with Crippen LogP contribution in [-0.4, -0.2) is 41.4 Å². The highest BCUT2D eigenvalue weighted by molar-refractivity contribution is 6.42. The predicted octanol–water partition coefficient (Wildman–Crippen LogP) is 3.26. The lowest BCUT2D eigenvalue weighted by Crippen LogP contribution is -2.36. The molecule has 3 nitrogen and oxygen atoms in total. The van der Waals surface area contributed by atoms with Gasteiger partial charge in [0.2, 0.25) is 0 Å². The third kappa shape index (κ3) is 2.41. The zero-order chi connectivity index (χ0) is 14.3. The Hall–Kier alpha value is -0.480. The van der Waals surface area contributed by atoms with Crippen molar-refractivity contribution >= 4 is 23.2 Å². The second kappa shape index (κ2) is 5.38. The number of aliphatic hydroxyl groups is 1. The fourth-order valence-electron chi connectivity index (χ4n) is 3.56. The summed E-state index contributed by atoms with van der Waals surface area (Å²) in [5.74, 6) is 0.587. The van der Waals surface area contributed by atoms with Gasteiger partial charge in [-0.05, 0) is 55.8 Å². The molecule has 1 aromatic rings. The van der Waals surface area contributed by atoms with Gasteiger partial charge in [0.1, 0.15) is 5.75 Å². The Morgan fingerprint density at radius 2 is 1.95 bits per heavy atom. The summed E-state index contributed by atoms with van der Waals surface area (Å²) >= 11 is 12.3. The van der Waals surface area contributed by atoms with Crippen LogP contribution in [0.4, 0.5) is 0 Å². The summed E-state index contributed by atoms with van der Waals surface area (Å²) in [6, 6.07) is 3.28. The molecule has 2 aliphatic rings. The number of likely N-dealkylation sites (tertiary alicyclic amines) is 1. The minimum absolute atomic E-state index is 0.220.